The van der Waals surface area contributed by atoms with E-state index in [1.807, 2.05) is 3.96 Å². The summed E-state index contributed by atoms with van der Waals surface area (Å²) in [5.41, 5.74) is 0. The fraction of sp³-hybridized carbons (Fsp3) is 0.375. The molecule has 0 unspecified atom stereocenters. The van der Waals surface area contributed by atoms with Crippen LogP contribution in [0.25, 0.3) is 0 Å². The maximum absolute atomic E-state index is 2.52. The topological polar surface area (TPSA) is 0 Å². The summed E-state index contributed by atoms with van der Waals surface area (Å²) in [6.07, 6.45) is 6.04. The van der Waals surface area contributed by atoms with E-state index in [-0.39, 0.29) is 0 Å². The fourth-order valence-corrected chi connectivity index (χ4v) is 12.8. The molecule has 0 radical (unpaired) electrons. The number of rotatable bonds is 3. The van der Waals surface area contributed by atoms with Gasteiger partial charge in [-0.2, -0.15) is 0 Å². The molecular formula is C16H24PtSi. The average molecular weight is 440 g/mol. The Bertz CT molecular complexity index is 490. The summed E-state index contributed by atoms with van der Waals surface area (Å²) in [6, 6.07) is 11.1. The molecule has 0 N–H and O–H groups in total. The van der Waals surface area contributed by atoms with E-state index in [0.717, 1.165) is 0 Å². The van der Waals surface area contributed by atoms with Gasteiger partial charge in [0.2, 0.25) is 0 Å². The van der Waals surface area contributed by atoms with Crippen LogP contribution in [0.2, 0.25) is 29.0 Å². The molecule has 2 heteroatoms. The molecule has 0 fully saturated rings. The summed E-state index contributed by atoms with van der Waals surface area (Å²) in [7, 11) is -1.48. The standard InChI is InChI=1S/C13H15Si.3CH3.Pt/c1-14(2,13-10-6-7-11-13)12-8-4-3-5-9-12;;;;/h3-6,8-10H,7H2,1-2H3;3*1H3;. The Balaban J connectivity index is 2.50. The summed E-state index contributed by atoms with van der Waals surface area (Å²) in [5.74, 6) is 0. The molecule has 0 aliphatic heterocycles. The molecular weight excluding hydrogens is 415 g/mol. The molecule has 0 atom stereocenters. The Morgan fingerprint density at radius 2 is 1.61 bits per heavy atom. The third kappa shape index (κ3) is 2.63. The van der Waals surface area contributed by atoms with Gasteiger partial charge in [-0.1, -0.05) is 0 Å². The molecule has 1 aromatic carbocycles. The molecule has 18 heavy (non-hydrogen) atoms. The molecule has 1 aliphatic rings. The van der Waals surface area contributed by atoms with Crippen molar-refractivity contribution in [1.29, 1.82) is 0 Å². The summed E-state index contributed by atoms with van der Waals surface area (Å²) in [5, 5.41) is 10.8. The van der Waals surface area contributed by atoms with Crippen LogP contribution in [0, 0.1) is 0 Å². The molecule has 0 nitrogen and oxygen atoms in total. The molecule has 0 aromatic heterocycles. The molecule has 0 spiro atoms. The molecule has 0 bridgehead atoms. The summed E-state index contributed by atoms with van der Waals surface area (Å²) in [6.45, 7) is 5.00. The molecule has 0 amide bonds. The van der Waals surface area contributed by atoms with Crippen molar-refractivity contribution in [3.63, 3.8) is 0 Å². The van der Waals surface area contributed by atoms with Gasteiger partial charge < -0.3 is 0 Å². The van der Waals surface area contributed by atoms with Crippen LogP contribution < -0.4 is 5.19 Å². The van der Waals surface area contributed by atoms with Gasteiger partial charge in [0.05, 0.1) is 0 Å². The van der Waals surface area contributed by atoms with E-state index < -0.39 is 24.1 Å². The predicted octanol–water partition coefficient (Wildman–Crippen LogP) is 4.65. The van der Waals surface area contributed by atoms with Gasteiger partial charge in [0.25, 0.3) is 0 Å². The van der Waals surface area contributed by atoms with E-state index >= 15 is 0 Å². The van der Waals surface area contributed by atoms with E-state index in [4.69, 9.17) is 0 Å². The second-order valence-electron chi connectivity index (χ2n) is 5.80. The van der Waals surface area contributed by atoms with E-state index in [9.17, 15) is 0 Å². The SMILES string of the molecule is C[Si](C)(C1=[C]([Pt]([CH3])([CH3])[CH3])CC=C1)c1ccccc1. The molecule has 1 aliphatic carbocycles. The minimum atomic E-state index is -1.62. The Hall–Kier alpha value is -0.395. The first-order valence-corrected chi connectivity index (χ1v) is 17.1. The van der Waals surface area contributed by atoms with Gasteiger partial charge in [-0.15, -0.1) is 0 Å². The van der Waals surface area contributed by atoms with E-state index in [2.05, 4.69) is 71.5 Å². The normalized spacial score (nSPS) is 17.4. The van der Waals surface area contributed by atoms with E-state index in [0.29, 0.717) is 0 Å². The third-order valence-electron chi connectivity index (χ3n) is 3.59. The summed E-state index contributed by atoms with van der Waals surface area (Å²) >= 11 is -1.62. The second kappa shape index (κ2) is 4.94. The second-order valence-corrected chi connectivity index (χ2v) is 21.8. The van der Waals surface area contributed by atoms with Crippen molar-refractivity contribution in [2.24, 2.45) is 0 Å². The minimum absolute atomic E-state index is 1.22. The molecule has 102 valence electrons. The van der Waals surface area contributed by atoms with Crippen molar-refractivity contribution in [2.75, 3.05) is 0 Å². The average Bonchev–Trinajstić information content (AvgIpc) is 2.79. The number of benzene rings is 1. The van der Waals surface area contributed by atoms with Gasteiger partial charge in [0, 0.05) is 0 Å². The van der Waals surface area contributed by atoms with Crippen molar-refractivity contribution < 1.29 is 16.1 Å². The van der Waals surface area contributed by atoms with Gasteiger partial charge >= 0.3 is 116 Å². The van der Waals surface area contributed by atoms with E-state index in [1.54, 1.807) is 10.4 Å². The van der Waals surface area contributed by atoms with E-state index in [1.165, 1.54) is 6.42 Å². The first-order chi connectivity index (χ1) is 8.33. The Kier molecular flexibility index (Phi) is 3.85. The van der Waals surface area contributed by atoms with Crippen LogP contribution in [0.4, 0.5) is 0 Å². The zero-order valence-corrected chi connectivity index (χ0v) is 15.3. The van der Waals surface area contributed by atoms with Crippen molar-refractivity contribution in [2.45, 2.75) is 35.5 Å². The van der Waals surface area contributed by atoms with Gasteiger partial charge in [0.1, 0.15) is 0 Å². The Morgan fingerprint density at radius 1 is 1.00 bits per heavy atom. The van der Waals surface area contributed by atoms with Crippen molar-refractivity contribution in [3.8, 4) is 0 Å². The zero-order chi connectivity index (χ0) is 13.4. The van der Waals surface area contributed by atoms with Crippen molar-refractivity contribution in [1.82, 2.24) is 0 Å². The quantitative estimate of drug-likeness (QED) is 0.602. The molecule has 0 saturated heterocycles. The van der Waals surface area contributed by atoms with Gasteiger partial charge in [-0.3, -0.25) is 0 Å². The van der Waals surface area contributed by atoms with Crippen LogP contribution in [-0.2, 0) is 16.1 Å². The van der Waals surface area contributed by atoms with Crippen LogP contribution >= 0.6 is 0 Å². The monoisotopic (exact) mass is 439 g/mol. The molecule has 1 aromatic rings. The van der Waals surface area contributed by atoms with Crippen molar-refractivity contribution >= 4 is 13.3 Å². The Morgan fingerprint density at radius 3 is 2.17 bits per heavy atom. The van der Waals surface area contributed by atoms with Crippen LogP contribution in [0.5, 0.6) is 0 Å². The Labute approximate surface area is 116 Å². The van der Waals surface area contributed by atoms with Crippen LogP contribution in [-0.4, -0.2) is 8.07 Å². The first kappa shape index (κ1) is 14.0. The molecule has 0 saturated carbocycles. The predicted molar refractivity (Wildman–Crippen MR) is 81.9 cm³/mol. The third-order valence-corrected chi connectivity index (χ3v) is 12.9. The molecule has 0 heterocycles. The number of allylic oxidation sites excluding steroid dienone is 4. The van der Waals surface area contributed by atoms with Gasteiger partial charge in [-0.05, 0) is 0 Å². The summed E-state index contributed by atoms with van der Waals surface area (Å²) in [4.78, 5) is 0. The number of hydrogen-bond acceptors (Lipinski definition) is 0. The van der Waals surface area contributed by atoms with Crippen LogP contribution in [0.1, 0.15) is 6.42 Å². The van der Waals surface area contributed by atoms with Gasteiger partial charge in [0.15, 0.2) is 0 Å². The number of hydrogen-bond donors (Lipinski definition) is 0. The van der Waals surface area contributed by atoms with Crippen molar-refractivity contribution in [3.05, 3.63) is 51.6 Å². The first-order valence-electron chi connectivity index (χ1n) is 6.15. The molecule has 2 rings (SSSR count). The fourth-order valence-electron chi connectivity index (χ4n) is 2.46. The summed E-state index contributed by atoms with van der Waals surface area (Å²) < 4.78 is 1.82. The van der Waals surface area contributed by atoms with Crippen LogP contribution in [0.3, 0.4) is 0 Å². The maximum atomic E-state index is 2.52. The van der Waals surface area contributed by atoms with Gasteiger partial charge in [-0.25, -0.2) is 0 Å². The zero-order valence-electron chi connectivity index (χ0n) is 12.1. The van der Waals surface area contributed by atoms with Crippen LogP contribution in [0.15, 0.2) is 51.6 Å².